The first-order valence-corrected chi connectivity index (χ1v) is 10.1. The van der Waals surface area contributed by atoms with Gasteiger partial charge in [0.05, 0.1) is 6.26 Å². The van der Waals surface area contributed by atoms with E-state index in [-0.39, 0.29) is 5.41 Å². The van der Waals surface area contributed by atoms with Crippen LogP contribution in [0.3, 0.4) is 0 Å². The highest BCUT2D eigenvalue weighted by Crippen LogP contribution is 2.39. The maximum Gasteiger partial charge on any atom is 0.222 e. The number of benzene rings is 1. The number of likely N-dealkylation sites (tertiary alicyclic amines) is 2. The fourth-order valence-electron chi connectivity index (χ4n) is 4.86. The highest BCUT2D eigenvalue weighted by atomic mass is 16.5. The molecule has 2 saturated heterocycles. The molecule has 1 spiro atoms. The Balaban J connectivity index is 1.41. The van der Waals surface area contributed by atoms with Gasteiger partial charge in [0.25, 0.3) is 0 Å². The average molecular weight is 370 g/mol. The van der Waals surface area contributed by atoms with E-state index in [1.54, 1.807) is 13.4 Å². The molecule has 0 saturated carbocycles. The Morgan fingerprint density at radius 1 is 1.22 bits per heavy atom. The van der Waals surface area contributed by atoms with E-state index in [1.165, 1.54) is 23.8 Å². The van der Waals surface area contributed by atoms with Gasteiger partial charge in [0.2, 0.25) is 5.91 Å². The monoisotopic (exact) mass is 370 g/mol. The maximum absolute atomic E-state index is 12.3. The number of carbonyl (C=O) groups excluding carboxylic acids is 1. The highest BCUT2D eigenvalue weighted by molar-refractivity contribution is 5.78. The van der Waals surface area contributed by atoms with Crippen LogP contribution in [0, 0.1) is 5.41 Å². The lowest BCUT2D eigenvalue weighted by atomic mass is 9.73. The molecule has 2 aromatic rings. The van der Waals surface area contributed by atoms with Crippen LogP contribution in [0.2, 0.25) is 0 Å². The molecule has 5 heteroatoms. The number of hydrogen-bond donors (Lipinski definition) is 0. The highest BCUT2D eigenvalue weighted by Gasteiger charge is 2.41. The second-order valence-corrected chi connectivity index (χ2v) is 8.27. The summed E-state index contributed by atoms with van der Waals surface area (Å²) in [7, 11) is 1.72. The Kier molecular flexibility index (Phi) is 5.50. The van der Waals surface area contributed by atoms with Gasteiger partial charge in [-0.2, -0.15) is 0 Å². The molecule has 0 radical (unpaired) electrons. The van der Waals surface area contributed by atoms with Crippen molar-refractivity contribution in [3.63, 3.8) is 0 Å². The van der Waals surface area contributed by atoms with Crippen LogP contribution in [0.1, 0.15) is 37.7 Å². The van der Waals surface area contributed by atoms with Crippen LogP contribution in [0.25, 0.3) is 11.0 Å². The quantitative estimate of drug-likeness (QED) is 0.728. The number of piperidine rings is 2. The van der Waals surface area contributed by atoms with Gasteiger partial charge in [-0.3, -0.25) is 9.69 Å². The molecule has 2 aliphatic heterocycles. The number of amides is 1. The maximum atomic E-state index is 12.3. The summed E-state index contributed by atoms with van der Waals surface area (Å²) >= 11 is 0. The van der Waals surface area contributed by atoms with Crippen molar-refractivity contribution in [1.82, 2.24) is 9.80 Å². The predicted octanol–water partition coefficient (Wildman–Crippen LogP) is 3.67. The van der Waals surface area contributed by atoms with Crippen LogP contribution in [0.4, 0.5) is 0 Å². The van der Waals surface area contributed by atoms with Crippen LogP contribution in [0.5, 0.6) is 0 Å². The fourth-order valence-corrected chi connectivity index (χ4v) is 4.86. The van der Waals surface area contributed by atoms with Gasteiger partial charge in [0.15, 0.2) is 0 Å². The molecular formula is C22H30N2O3. The van der Waals surface area contributed by atoms with Gasteiger partial charge in [0.1, 0.15) is 5.58 Å². The number of nitrogens with zero attached hydrogens (tertiary/aromatic N) is 2. The normalized spacial score (nSPS) is 24.2. The molecule has 4 rings (SSSR count). The van der Waals surface area contributed by atoms with Crippen molar-refractivity contribution < 1.29 is 13.9 Å². The molecule has 1 aromatic heterocycles. The molecule has 0 N–H and O–H groups in total. The minimum Gasteiger partial charge on any atom is -0.464 e. The topological polar surface area (TPSA) is 45.9 Å². The largest absolute Gasteiger partial charge is 0.464 e. The zero-order valence-corrected chi connectivity index (χ0v) is 16.3. The van der Waals surface area contributed by atoms with Crippen molar-refractivity contribution in [2.45, 2.75) is 38.6 Å². The summed E-state index contributed by atoms with van der Waals surface area (Å²) in [5.74, 6) is 0.319. The first-order chi connectivity index (χ1) is 13.2. The molecule has 3 heterocycles. The van der Waals surface area contributed by atoms with E-state index in [0.29, 0.717) is 12.3 Å². The first kappa shape index (κ1) is 18.5. The fraction of sp³-hybridized carbons (Fsp3) is 0.591. The Morgan fingerprint density at radius 3 is 3.04 bits per heavy atom. The lowest BCUT2D eigenvalue weighted by Gasteiger charge is -2.48. The van der Waals surface area contributed by atoms with Gasteiger partial charge >= 0.3 is 0 Å². The van der Waals surface area contributed by atoms with E-state index < -0.39 is 0 Å². The van der Waals surface area contributed by atoms with Gasteiger partial charge < -0.3 is 14.1 Å². The van der Waals surface area contributed by atoms with Gasteiger partial charge in [-0.25, -0.2) is 0 Å². The number of ether oxygens (including phenoxy) is 1. The van der Waals surface area contributed by atoms with Crippen molar-refractivity contribution in [2.75, 3.05) is 39.9 Å². The summed E-state index contributed by atoms with van der Waals surface area (Å²) in [6.07, 6.45) is 6.85. The van der Waals surface area contributed by atoms with E-state index in [2.05, 4.69) is 28.0 Å². The van der Waals surface area contributed by atoms with Crippen molar-refractivity contribution in [3.05, 3.63) is 36.1 Å². The Labute approximate surface area is 161 Å². The Morgan fingerprint density at radius 2 is 2.15 bits per heavy atom. The molecule has 2 fully saturated rings. The van der Waals surface area contributed by atoms with E-state index >= 15 is 0 Å². The molecule has 1 atom stereocenters. The van der Waals surface area contributed by atoms with E-state index in [9.17, 15) is 4.79 Å². The second-order valence-electron chi connectivity index (χ2n) is 8.27. The summed E-state index contributed by atoms with van der Waals surface area (Å²) in [5, 5.41) is 1.17. The summed E-state index contributed by atoms with van der Waals surface area (Å²) in [6.45, 7) is 5.66. The minimum absolute atomic E-state index is 0.263. The molecule has 2 aliphatic rings. The summed E-state index contributed by atoms with van der Waals surface area (Å²) in [6, 6.07) is 8.51. The number of furan rings is 1. The van der Waals surface area contributed by atoms with Crippen molar-refractivity contribution in [2.24, 2.45) is 5.41 Å². The van der Waals surface area contributed by atoms with Crippen molar-refractivity contribution >= 4 is 16.9 Å². The standard InChI is InChI=1S/C22H30N2O3/c1-26-12-3-11-24-17-22(9-6-21(24)25)8-2-10-23(16-22)15-18-4-5-20-19(14-18)7-13-27-20/h4-5,7,13-14H,2-3,6,8-12,15-17H2,1H3/t22-/m0/s1. The minimum atomic E-state index is 0.263. The molecule has 1 amide bonds. The zero-order chi connectivity index (χ0) is 18.7. The number of rotatable bonds is 6. The number of fused-ring (bicyclic) bond motifs is 1. The van der Waals surface area contributed by atoms with E-state index in [4.69, 9.17) is 9.15 Å². The average Bonchev–Trinajstić information content (AvgIpc) is 3.13. The summed E-state index contributed by atoms with van der Waals surface area (Å²) in [5.41, 5.74) is 2.55. The third-order valence-corrected chi connectivity index (χ3v) is 6.19. The molecule has 0 unspecified atom stereocenters. The number of hydrogen-bond acceptors (Lipinski definition) is 4. The van der Waals surface area contributed by atoms with Gasteiger partial charge in [0, 0.05) is 57.1 Å². The molecule has 5 nitrogen and oxygen atoms in total. The third-order valence-electron chi connectivity index (χ3n) is 6.19. The molecule has 0 aliphatic carbocycles. The third kappa shape index (κ3) is 4.19. The number of methoxy groups -OCH3 is 1. The Hall–Kier alpha value is -1.85. The predicted molar refractivity (Wildman–Crippen MR) is 105 cm³/mol. The van der Waals surface area contributed by atoms with Gasteiger partial charge in [-0.15, -0.1) is 0 Å². The lowest BCUT2D eigenvalue weighted by Crippen LogP contribution is -2.54. The summed E-state index contributed by atoms with van der Waals surface area (Å²) < 4.78 is 10.6. The molecule has 1 aromatic carbocycles. The van der Waals surface area contributed by atoms with E-state index in [0.717, 1.165) is 57.8 Å². The molecule has 0 bridgehead atoms. The van der Waals surface area contributed by atoms with Crippen LogP contribution < -0.4 is 0 Å². The Bertz CT molecular complexity index is 787. The van der Waals surface area contributed by atoms with Crippen LogP contribution in [-0.2, 0) is 16.1 Å². The summed E-state index contributed by atoms with van der Waals surface area (Å²) in [4.78, 5) is 17.0. The second kappa shape index (κ2) is 8.03. The van der Waals surface area contributed by atoms with Gasteiger partial charge in [-0.05, 0) is 56.0 Å². The van der Waals surface area contributed by atoms with Crippen molar-refractivity contribution in [3.8, 4) is 0 Å². The smallest absolute Gasteiger partial charge is 0.222 e. The van der Waals surface area contributed by atoms with Crippen LogP contribution in [-0.4, -0.2) is 55.6 Å². The lowest BCUT2D eigenvalue weighted by molar-refractivity contribution is -0.139. The van der Waals surface area contributed by atoms with Gasteiger partial charge in [-0.1, -0.05) is 6.07 Å². The van der Waals surface area contributed by atoms with Crippen molar-refractivity contribution in [1.29, 1.82) is 0 Å². The SMILES string of the molecule is COCCCN1C[C@@]2(CCCN(Cc3ccc4occc4c3)C2)CCC1=O. The van der Waals surface area contributed by atoms with Crippen LogP contribution in [0.15, 0.2) is 34.9 Å². The number of carbonyl (C=O) groups is 1. The molecule has 27 heavy (non-hydrogen) atoms. The van der Waals surface area contributed by atoms with Crippen LogP contribution >= 0.6 is 0 Å². The van der Waals surface area contributed by atoms with E-state index in [1.807, 2.05) is 6.07 Å². The molecule has 146 valence electrons. The first-order valence-electron chi connectivity index (χ1n) is 10.1. The molecular weight excluding hydrogens is 340 g/mol. The zero-order valence-electron chi connectivity index (χ0n) is 16.3.